The molecule has 1 aromatic rings. The third-order valence-electron chi connectivity index (χ3n) is 2.37. The summed E-state index contributed by atoms with van der Waals surface area (Å²) in [6.45, 7) is 0.0126. The van der Waals surface area contributed by atoms with Crippen molar-refractivity contribution in [2.24, 2.45) is 0 Å². The first-order chi connectivity index (χ1) is 8.95. The number of carbonyl (C=O) groups excluding carboxylic acids is 1. The molecule has 1 aromatic carbocycles. The predicted molar refractivity (Wildman–Crippen MR) is 76.2 cm³/mol. The van der Waals surface area contributed by atoms with Gasteiger partial charge in [-0.1, -0.05) is 0 Å². The third kappa shape index (κ3) is 4.67. The van der Waals surface area contributed by atoms with Gasteiger partial charge in [0.2, 0.25) is 0 Å². The van der Waals surface area contributed by atoms with E-state index < -0.39 is 18.4 Å². The van der Waals surface area contributed by atoms with Crippen molar-refractivity contribution in [3.05, 3.63) is 27.3 Å². The van der Waals surface area contributed by atoms with Gasteiger partial charge in [-0.05, 0) is 40.8 Å². The van der Waals surface area contributed by atoms with Crippen LogP contribution in [0, 0.1) is 3.57 Å². The van der Waals surface area contributed by atoms with Gasteiger partial charge in [0.05, 0.1) is 10.2 Å². The first-order valence-electron chi connectivity index (χ1n) is 5.44. The highest BCUT2D eigenvalue weighted by atomic mass is 127. The molecule has 0 bridgehead atoms. The van der Waals surface area contributed by atoms with E-state index in [-0.39, 0.29) is 24.5 Å². The molecule has 0 spiro atoms. The van der Waals surface area contributed by atoms with E-state index in [0.717, 1.165) is 4.90 Å². The van der Waals surface area contributed by atoms with Crippen LogP contribution in [0.2, 0.25) is 0 Å². The molecule has 19 heavy (non-hydrogen) atoms. The number of aromatic hydroxyl groups is 1. The maximum atomic E-state index is 12.1. The Hall–Kier alpha value is -1.35. The zero-order chi connectivity index (χ0) is 14.4. The van der Waals surface area contributed by atoms with Crippen LogP contribution in [0.4, 0.5) is 0 Å². The molecule has 0 aromatic heterocycles. The molecule has 0 aliphatic rings. The zero-order valence-electron chi connectivity index (χ0n) is 10.3. The Morgan fingerprint density at radius 3 is 2.63 bits per heavy atom. The number of phenolic OH excluding ortho intramolecular Hbond substituents is 1. The number of nitrogens with zero attached hydrogens (tertiary/aromatic N) is 1. The van der Waals surface area contributed by atoms with Gasteiger partial charge in [0, 0.05) is 19.2 Å². The Bertz CT molecular complexity index is 477. The van der Waals surface area contributed by atoms with Crippen molar-refractivity contribution in [3.63, 3.8) is 0 Å². The van der Waals surface area contributed by atoms with Crippen LogP contribution in [-0.4, -0.2) is 53.8 Å². The van der Waals surface area contributed by atoms with Crippen LogP contribution in [-0.2, 0) is 9.53 Å². The monoisotopic (exact) mass is 379 g/mol. The molecule has 7 heteroatoms. The van der Waals surface area contributed by atoms with Crippen molar-refractivity contribution >= 4 is 34.5 Å². The molecule has 6 nitrogen and oxygen atoms in total. The lowest BCUT2D eigenvalue weighted by atomic mass is 10.2. The van der Waals surface area contributed by atoms with Gasteiger partial charge in [0.1, 0.15) is 12.3 Å². The number of ether oxygens (including phenoxy) is 1. The Morgan fingerprint density at radius 1 is 1.42 bits per heavy atom. The molecular weight excluding hydrogens is 365 g/mol. The SMILES string of the molecule is COCCN(CC(=O)O)C(=O)c1ccc(I)c(O)c1. The summed E-state index contributed by atoms with van der Waals surface area (Å²) < 4.78 is 5.47. The molecule has 0 fully saturated rings. The van der Waals surface area contributed by atoms with Crippen LogP contribution in [0.3, 0.4) is 0 Å². The number of phenols is 1. The van der Waals surface area contributed by atoms with Crippen LogP contribution in [0.15, 0.2) is 18.2 Å². The summed E-state index contributed by atoms with van der Waals surface area (Å²) in [4.78, 5) is 24.0. The average Bonchev–Trinajstić information content (AvgIpc) is 2.36. The Balaban J connectivity index is 2.90. The fraction of sp³-hybridized carbons (Fsp3) is 0.333. The molecule has 2 N–H and O–H groups in total. The van der Waals surface area contributed by atoms with Crippen molar-refractivity contribution in [2.45, 2.75) is 0 Å². The summed E-state index contributed by atoms with van der Waals surface area (Å²) in [5.74, 6) is -1.56. The van der Waals surface area contributed by atoms with E-state index in [9.17, 15) is 14.7 Å². The molecule has 0 heterocycles. The lowest BCUT2D eigenvalue weighted by Gasteiger charge is -2.20. The Labute approximate surface area is 124 Å². The topological polar surface area (TPSA) is 87.1 Å². The lowest BCUT2D eigenvalue weighted by Crippen LogP contribution is -2.38. The number of hydrogen-bond donors (Lipinski definition) is 2. The van der Waals surface area contributed by atoms with Crippen LogP contribution in [0.1, 0.15) is 10.4 Å². The number of carbonyl (C=O) groups is 2. The number of benzene rings is 1. The van der Waals surface area contributed by atoms with Gasteiger partial charge in [0.25, 0.3) is 5.91 Å². The number of hydrogen-bond acceptors (Lipinski definition) is 4. The Kier molecular flexibility index (Phi) is 6.03. The highest BCUT2D eigenvalue weighted by Gasteiger charge is 2.19. The lowest BCUT2D eigenvalue weighted by molar-refractivity contribution is -0.137. The maximum Gasteiger partial charge on any atom is 0.323 e. The molecule has 0 unspecified atom stereocenters. The molecule has 1 amide bonds. The minimum Gasteiger partial charge on any atom is -0.507 e. The van der Waals surface area contributed by atoms with Gasteiger partial charge < -0.3 is 19.8 Å². The van der Waals surface area contributed by atoms with Gasteiger partial charge in [-0.15, -0.1) is 0 Å². The number of carboxylic acid groups (broad SMARTS) is 1. The molecule has 0 atom stereocenters. The second kappa shape index (κ2) is 7.29. The molecule has 0 saturated heterocycles. The largest absolute Gasteiger partial charge is 0.507 e. The van der Waals surface area contributed by atoms with E-state index in [0.29, 0.717) is 3.57 Å². The van der Waals surface area contributed by atoms with Gasteiger partial charge in [-0.25, -0.2) is 0 Å². The van der Waals surface area contributed by atoms with Crippen LogP contribution in [0.5, 0.6) is 5.75 Å². The van der Waals surface area contributed by atoms with Crippen LogP contribution in [0.25, 0.3) is 0 Å². The quantitative estimate of drug-likeness (QED) is 0.725. The van der Waals surface area contributed by atoms with Gasteiger partial charge in [-0.2, -0.15) is 0 Å². The van der Waals surface area contributed by atoms with E-state index in [4.69, 9.17) is 9.84 Å². The average molecular weight is 379 g/mol. The van der Waals surface area contributed by atoms with Gasteiger partial charge in [-0.3, -0.25) is 9.59 Å². The van der Waals surface area contributed by atoms with Crippen molar-refractivity contribution in [3.8, 4) is 5.75 Å². The number of halogens is 1. The molecule has 1 rings (SSSR count). The molecule has 0 radical (unpaired) electrons. The maximum absolute atomic E-state index is 12.1. The summed E-state index contributed by atoms with van der Waals surface area (Å²) in [6, 6.07) is 4.47. The van der Waals surface area contributed by atoms with E-state index >= 15 is 0 Å². The molecular formula is C12H14INO5. The molecule has 0 aliphatic carbocycles. The molecule has 104 valence electrons. The van der Waals surface area contributed by atoms with E-state index in [1.807, 2.05) is 22.6 Å². The van der Waals surface area contributed by atoms with Gasteiger partial charge in [0.15, 0.2) is 0 Å². The summed E-state index contributed by atoms with van der Waals surface area (Å²) in [6.07, 6.45) is 0. The fourth-order valence-corrected chi connectivity index (χ4v) is 1.78. The molecule has 0 saturated carbocycles. The van der Waals surface area contributed by atoms with E-state index in [1.54, 1.807) is 12.1 Å². The summed E-state index contributed by atoms with van der Waals surface area (Å²) in [5, 5.41) is 18.4. The highest BCUT2D eigenvalue weighted by molar-refractivity contribution is 14.1. The Morgan fingerprint density at radius 2 is 2.11 bits per heavy atom. The van der Waals surface area contributed by atoms with Gasteiger partial charge >= 0.3 is 5.97 Å². The van der Waals surface area contributed by atoms with Crippen molar-refractivity contribution < 1.29 is 24.5 Å². The smallest absolute Gasteiger partial charge is 0.323 e. The van der Waals surface area contributed by atoms with Crippen LogP contribution >= 0.6 is 22.6 Å². The number of amides is 1. The first-order valence-corrected chi connectivity index (χ1v) is 6.52. The summed E-state index contributed by atoms with van der Waals surface area (Å²) in [7, 11) is 1.47. The molecule has 0 aliphatic heterocycles. The normalized spacial score (nSPS) is 10.2. The minimum atomic E-state index is -1.10. The van der Waals surface area contributed by atoms with E-state index in [1.165, 1.54) is 13.2 Å². The zero-order valence-corrected chi connectivity index (χ0v) is 12.5. The van der Waals surface area contributed by atoms with Crippen molar-refractivity contribution in [1.29, 1.82) is 0 Å². The fourth-order valence-electron chi connectivity index (χ4n) is 1.45. The highest BCUT2D eigenvalue weighted by Crippen LogP contribution is 2.21. The van der Waals surface area contributed by atoms with E-state index in [2.05, 4.69) is 0 Å². The first kappa shape index (κ1) is 15.7. The minimum absolute atomic E-state index is 0.00605. The number of methoxy groups -OCH3 is 1. The number of aliphatic carboxylic acids is 1. The second-order valence-corrected chi connectivity index (χ2v) is 4.94. The predicted octanol–water partition coefficient (Wildman–Crippen LogP) is 1.17. The summed E-state index contributed by atoms with van der Waals surface area (Å²) >= 11 is 1.94. The number of carboxylic acids is 1. The second-order valence-electron chi connectivity index (χ2n) is 3.78. The van der Waals surface area contributed by atoms with Crippen molar-refractivity contribution in [1.82, 2.24) is 4.90 Å². The number of rotatable bonds is 6. The summed E-state index contributed by atoms with van der Waals surface area (Å²) in [5.41, 5.74) is 0.246. The van der Waals surface area contributed by atoms with Crippen molar-refractivity contribution in [2.75, 3.05) is 26.8 Å². The standard InChI is InChI=1S/C12H14INO5/c1-19-5-4-14(7-11(16)17)12(18)8-2-3-9(13)10(15)6-8/h2-3,6,15H,4-5,7H2,1H3,(H,16,17). The third-order valence-corrected chi connectivity index (χ3v) is 3.28. The van der Waals surface area contributed by atoms with Crippen LogP contribution < -0.4 is 0 Å².